The summed E-state index contributed by atoms with van der Waals surface area (Å²) < 4.78 is 0. The highest BCUT2D eigenvalue weighted by Crippen LogP contribution is 2.32. The van der Waals surface area contributed by atoms with Crippen LogP contribution in [-0.4, -0.2) is 38.8 Å². The van der Waals surface area contributed by atoms with Crippen LogP contribution in [-0.2, 0) is 17.9 Å². The van der Waals surface area contributed by atoms with E-state index in [0.29, 0.717) is 24.7 Å². The Morgan fingerprint density at radius 1 is 1.19 bits per heavy atom. The summed E-state index contributed by atoms with van der Waals surface area (Å²) in [6.45, 7) is 8.55. The molecule has 4 heterocycles. The van der Waals surface area contributed by atoms with Gasteiger partial charge in [0.15, 0.2) is 0 Å². The van der Waals surface area contributed by atoms with E-state index in [-0.39, 0.29) is 11.8 Å². The molecule has 0 spiro atoms. The molecule has 2 aromatic heterocycles. The number of anilines is 1. The van der Waals surface area contributed by atoms with E-state index in [2.05, 4.69) is 19.9 Å². The number of hydrogen-bond donors (Lipinski definition) is 0. The zero-order valence-electron chi connectivity index (χ0n) is 15.3. The van der Waals surface area contributed by atoms with Crippen molar-refractivity contribution in [2.45, 2.75) is 40.3 Å². The van der Waals surface area contributed by atoms with E-state index in [4.69, 9.17) is 11.6 Å². The number of pyridine rings is 1. The van der Waals surface area contributed by atoms with E-state index in [1.54, 1.807) is 12.4 Å². The van der Waals surface area contributed by atoms with Crippen molar-refractivity contribution in [3.8, 4) is 0 Å². The number of rotatable bonds is 2. The number of aryl methyl sites for hydroxylation is 2. The van der Waals surface area contributed by atoms with Crippen molar-refractivity contribution in [1.82, 2.24) is 19.9 Å². The van der Waals surface area contributed by atoms with Gasteiger partial charge in [0.1, 0.15) is 5.82 Å². The van der Waals surface area contributed by atoms with Gasteiger partial charge in [-0.15, -0.1) is 0 Å². The Balaban J connectivity index is 1.46. The van der Waals surface area contributed by atoms with Crippen LogP contribution in [0.5, 0.6) is 0 Å². The van der Waals surface area contributed by atoms with E-state index in [1.165, 1.54) is 0 Å². The maximum Gasteiger partial charge on any atom is 0.228 e. The average Bonchev–Trinajstić information content (AvgIpc) is 3.27. The molecule has 0 N–H and O–H groups in total. The molecule has 0 radical (unpaired) electrons. The lowest BCUT2D eigenvalue weighted by Gasteiger charge is -2.21. The number of amides is 1. The van der Waals surface area contributed by atoms with Crippen molar-refractivity contribution in [3.63, 3.8) is 0 Å². The fourth-order valence-corrected chi connectivity index (χ4v) is 4.00. The van der Waals surface area contributed by atoms with Gasteiger partial charge in [-0.2, -0.15) is 0 Å². The quantitative estimate of drug-likeness (QED) is 0.812. The average molecular weight is 372 g/mol. The molecule has 2 aliphatic rings. The summed E-state index contributed by atoms with van der Waals surface area (Å²) in [5.41, 5.74) is 4.87. The summed E-state index contributed by atoms with van der Waals surface area (Å²) >= 11 is 6.33. The van der Waals surface area contributed by atoms with E-state index < -0.39 is 0 Å². The molecule has 6 nitrogen and oxygen atoms in total. The minimum Gasteiger partial charge on any atom is -0.355 e. The van der Waals surface area contributed by atoms with E-state index >= 15 is 0 Å². The number of fused-ring (bicyclic) bond motifs is 1. The second kappa shape index (κ2) is 6.50. The number of carbonyl (C=O) groups is 1. The number of halogens is 1. The van der Waals surface area contributed by atoms with Gasteiger partial charge in [0.05, 0.1) is 47.0 Å². The van der Waals surface area contributed by atoms with Gasteiger partial charge in [-0.3, -0.25) is 14.8 Å². The molecular weight excluding hydrogens is 350 g/mol. The van der Waals surface area contributed by atoms with E-state index in [1.807, 2.05) is 25.7 Å². The summed E-state index contributed by atoms with van der Waals surface area (Å²) in [7, 11) is 0. The molecule has 1 amide bonds. The Hall–Kier alpha value is -2.21. The van der Waals surface area contributed by atoms with E-state index in [9.17, 15) is 4.79 Å². The van der Waals surface area contributed by atoms with Crippen molar-refractivity contribution < 1.29 is 4.79 Å². The summed E-state index contributed by atoms with van der Waals surface area (Å²) in [5, 5.41) is 0.711. The lowest BCUT2D eigenvalue weighted by molar-refractivity contribution is -0.135. The highest BCUT2D eigenvalue weighted by molar-refractivity contribution is 6.32. The van der Waals surface area contributed by atoms with Crippen LogP contribution in [0.15, 0.2) is 12.4 Å². The lowest BCUT2D eigenvalue weighted by atomic mass is 10.1. The molecule has 136 valence electrons. The SMILES string of the molecule is Cc1cnc(N2CC[C@@H](C(=O)N3Cc4nc(C)c(Cl)c(C)c4C3)C2)cn1. The van der Waals surface area contributed by atoms with E-state index in [0.717, 1.165) is 47.0 Å². The van der Waals surface area contributed by atoms with Crippen LogP contribution in [0.3, 0.4) is 0 Å². The maximum absolute atomic E-state index is 13.0. The van der Waals surface area contributed by atoms with Crippen molar-refractivity contribution in [2.24, 2.45) is 5.92 Å². The van der Waals surface area contributed by atoms with Gasteiger partial charge in [0.2, 0.25) is 5.91 Å². The molecule has 2 aliphatic heterocycles. The van der Waals surface area contributed by atoms with Crippen LogP contribution < -0.4 is 4.90 Å². The van der Waals surface area contributed by atoms with Gasteiger partial charge in [-0.25, -0.2) is 4.98 Å². The monoisotopic (exact) mass is 371 g/mol. The van der Waals surface area contributed by atoms with Gasteiger partial charge in [0.25, 0.3) is 0 Å². The normalized spacial score (nSPS) is 19.2. The highest BCUT2D eigenvalue weighted by Gasteiger charge is 2.35. The second-order valence-electron chi connectivity index (χ2n) is 7.20. The van der Waals surface area contributed by atoms with Gasteiger partial charge in [-0.1, -0.05) is 11.6 Å². The Morgan fingerprint density at radius 2 is 2.00 bits per heavy atom. The third kappa shape index (κ3) is 2.92. The Kier molecular flexibility index (Phi) is 4.31. The molecule has 1 atom stereocenters. The topological polar surface area (TPSA) is 62.2 Å². The fourth-order valence-electron chi connectivity index (χ4n) is 3.84. The minimum atomic E-state index is -0.00992. The molecule has 2 aromatic rings. The van der Waals surface area contributed by atoms with Crippen molar-refractivity contribution in [2.75, 3.05) is 18.0 Å². The largest absolute Gasteiger partial charge is 0.355 e. The van der Waals surface area contributed by atoms with Crippen molar-refractivity contribution in [3.05, 3.63) is 45.6 Å². The van der Waals surface area contributed by atoms with Crippen LogP contribution in [0, 0.1) is 26.7 Å². The first-order chi connectivity index (χ1) is 12.4. The maximum atomic E-state index is 13.0. The van der Waals surface area contributed by atoms with Crippen LogP contribution in [0.25, 0.3) is 0 Å². The lowest BCUT2D eigenvalue weighted by Crippen LogP contribution is -2.34. The Morgan fingerprint density at radius 3 is 2.73 bits per heavy atom. The van der Waals surface area contributed by atoms with Crippen LogP contribution in [0.4, 0.5) is 5.82 Å². The number of nitrogens with zero attached hydrogens (tertiary/aromatic N) is 5. The predicted octanol–water partition coefficient (Wildman–Crippen LogP) is 2.82. The number of carbonyl (C=O) groups excluding carboxylic acids is 1. The van der Waals surface area contributed by atoms with Crippen LogP contribution in [0.1, 0.15) is 34.6 Å². The smallest absolute Gasteiger partial charge is 0.228 e. The minimum absolute atomic E-state index is 0.00992. The zero-order chi connectivity index (χ0) is 18.4. The number of hydrogen-bond acceptors (Lipinski definition) is 5. The van der Waals surface area contributed by atoms with Crippen LogP contribution in [0.2, 0.25) is 5.02 Å². The third-order valence-electron chi connectivity index (χ3n) is 5.38. The molecule has 1 fully saturated rings. The number of aromatic nitrogens is 3. The molecule has 0 aromatic carbocycles. The molecular formula is C19H22ClN5O. The van der Waals surface area contributed by atoms with Gasteiger partial charge >= 0.3 is 0 Å². The summed E-state index contributed by atoms with van der Waals surface area (Å²) in [6.07, 6.45) is 4.39. The molecule has 0 bridgehead atoms. The summed E-state index contributed by atoms with van der Waals surface area (Å²) in [6, 6.07) is 0. The molecule has 4 rings (SSSR count). The highest BCUT2D eigenvalue weighted by atomic mass is 35.5. The second-order valence-corrected chi connectivity index (χ2v) is 7.58. The van der Waals surface area contributed by atoms with Crippen LogP contribution >= 0.6 is 11.6 Å². The molecule has 0 saturated carbocycles. The van der Waals surface area contributed by atoms with Crippen molar-refractivity contribution in [1.29, 1.82) is 0 Å². The van der Waals surface area contributed by atoms with Crippen molar-refractivity contribution >= 4 is 23.3 Å². The van der Waals surface area contributed by atoms with Gasteiger partial charge in [0, 0.05) is 19.6 Å². The predicted molar refractivity (Wildman–Crippen MR) is 100 cm³/mol. The fraction of sp³-hybridized carbons (Fsp3) is 0.474. The first-order valence-corrected chi connectivity index (χ1v) is 9.28. The molecule has 0 aliphatic carbocycles. The Labute approximate surface area is 158 Å². The van der Waals surface area contributed by atoms with Gasteiger partial charge in [-0.05, 0) is 38.3 Å². The van der Waals surface area contributed by atoms with Gasteiger partial charge < -0.3 is 9.80 Å². The standard InChI is InChI=1S/C19H22ClN5O/c1-11-6-22-17(7-21-11)24-5-4-14(8-24)19(26)25-9-15-12(2)18(20)13(3)23-16(15)10-25/h6-7,14H,4-5,8-10H2,1-3H3/t14-/m1/s1. The molecule has 26 heavy (non-hydrogen) atoms. The summed E-state index contributed by atoms with van der Waals surface area (Å²) in [4.78, 5) is 30.4. The first kappa shape index (κ1) is 17.2. The zero-order valence-corrected chi connectivity index (χ0v) is 16.0. The first-order valence-electron chi connectivity index (χ1n) is 8.91. The molecule has 1 saturated heterocycles. The molecule has 7 heteroatoms. The summed E-state index contributed by atoms with van der Waals surface area (Å²) in [5.74, 6) is 1.03. The third-order valence-corrected chi connectivity index (χ3v) is 5.94. The molecule has 0 unspecified atom stereocenters. The Bertz CT molecular complexity index is 867.